The Kier molecular flexibility index (Phi) is 10.4. The largest absolute Gasteiger partial charge is 0.357 e. The van der Waals surface area contributed by atoms with Crippen LogP contribution in [-0.2, 0) is 22.8 Å². The number of hydrogen-bond acceptors (Lipinski definition) is 4. The molecule has 176 valence electrons. The first-order valence-electron chi connectivity index (χ1n) is 11.0. The number of aliphatic imine (C=N–C) groups is 1. The van der Waals surface area contributed by atoms with Gasteiger partial charge in [-0.25, -0.2) is 8.42 Å². The van der Waals surface area contributed by atoms with Crippen molar-refractivity contribution in [2.45, 2.75) is 31.7 Å². The van der Waals surface area contributed by atoms with Crippen molar-refractivity contribution < 1.29 is 8.42 Å². The van der Waals surface area contributed by atoms with Crippen LogP contribution in [0.3, 0.4) is 0 Å². The van der Waals surface area contributed by atoms with Gasteiger partial charge >= 0.3 is 0 Å². The number of rotatable bonds is 7. The summed E-state index contributed by atoms with van der Waals surface area (Å²) in [7, 11) is -3.15. The molecule has 6 nitrogen and oxygen atoms in total. The van der Waals surface area contributed by atoms with Crippen LogP contribution in [0.4, 0.5) is 0 Å². The highest BCUT2D eigenvalue weighted by molar-refractivity contribution is 14.0. The Bertz CT molecular complexity index is 985. The van der Waals surface area contributed by atoms with Crippen LogP contribution in [0.2, 0.25) is 0 Å². The van der Waals surface area contributed by atoms with Gasteiger partial charge in [0.2, 0.25) is 0 Å². The fourth-order valence-corrected chi connectivity index (χ4v) is 4.44. The SMILES string of the molecule is CCNC(=NCCc1ccc(S(C)(=O)=O)cc1)N1CCN(Cc2cccc(C)c2)CC1.I. The highest BCUT2D eigenvalue weighted by Crippen LogP contribution is 2.12. The van der Waals surface area contributed by atoms with Crippen LogP contribution < -0.4 is 5.32 Å². The Labute approximate surface area is 210 Å². The minimum atomic E-state index is -3.15. The summed E-state index contributed by atoms with van der Waals surface area (Å²) in [6.45, 7) is 10.7. The van der Waals surface area contributed by atoms with Crippen molar-refractivity contribution in [3.05, 3.63) is 65.2 Å². The van der Waals surface area contributed by atoms with Gasteiger partial charge in [-0.1, -0.05) is 42.0 Å². The van der Waals surface area contributed by atoms with E-state index in [1.165, 1.54) is 17.4 Å². The van der Waals surface area contributed by atoms with E-state index in [0.717, 1.165) is 57.2 Å². The molecule has 0 spiro atoms. The Balaban J connectivity index is 0.00000363. The number of sulfone groups is 1. The quantitative estimate of drug-likeness (QED) is 0.315. The number of nitrogens with zero attached hydrogens (tertiary/aromatic N) is 3. The van der Waals surface area contributed by atoms with E-state index in [1.54, 1.807) is 12.1 Å². The lowest BCUT2D eigenvalue weighted by Gasteiger charge is -2.36. The van der Waals surface area contributed by atoms with Crippen molar-refractivity contribution in [3.8, 4) is 0 Å². The Morgan fingerprint density at radius 3 is 2.31 bits per heavy atom. The van der Waals surface area contributed by atoms with Crippen molar-refractivity contribution >= 4 is 39.8 Å². The van der Waals surface area contributed by atoms with Crippen molar-refractivity contribution in [1.29, 1.82) is 0 Å². The van der Waals surface area contributed by atoms with Crippen molar-refractivity contribution in [2.24, 2.45) is 4.99 Å². The van der Waals surface area contributed by atoms with E-state index < -0.39 is 9.84 Å². The normalized spacial score (nSPS) is 15.3. The summed E-state index contributed by atoms with van der Waals surface area (Å²) < 4.78 is 23.2. The second-order valence-electron chi connectivity index (χ2n) is 8.15. The molecule has 1 fully saturated rings. The Hall–Kier alpha value is -1.65. The number of aryl methyl sites for hydroxylation is 1. The zero-order valence-corrected chi connectivity index (χ0v) is 22.4. The summed E-state index contributed by atoms with van der Waals surface area (Å²) in [5.41, 5.74) is 3.77. The van der Waals surface area contributed by atoms with Crippen LogP contribution in [0.1, 0.15) is 23.6 Å². The molecule has 1 aliphatic heterocycles. The number of piperazine rings is 1. The molecule has 0 bridgehead atoms. The minimum absolute atomic E-state index is 0. The summed E-state index contributed by atoms with van der Waals surface area (Å²) >= 11 is 0. The first-order chi connectivity index (χ1) is 14.8. The molecule has 1 aliphatic rings. The van der Waals surface area contributed by atoms with Crippen molar-refractivity contribution in [2.75, 3.05) is 45.5 Å². The molecular formula is C24H35IN4O2S. The molecule has 0 aliphatic carbocycles. The second kappa shape index (κ2) is 12.6. The number of halogens is 1. The molecule has 1 N–H and O–H groups in total. The number of guanidine groups is 1. The molecular weight excluding hydrogens is 535 g/mol. The molecule has 0 aromatic heterocycles. The van der Waals surface area contributed by atoms with E-state index in [1.807, 2.05) is 12.1 Å². The van der Waals surface area contributed by atoms with Gasteiger partial charge in [0.25, 0.3) is 0 Å². The molecule has 0 amide bonds. The van der Waals surface area contributed by atoms with Crippen LogP contribution >= 0.6 is 24.0 Å². The molecule has 8 heteroatoms. The van der Waals surface area contributed by atoms with Gasteiger partial charge in [0.05, 0.1) is 4.90 Å². The average Bonchev–Trinajstić information content (AvgIpc) is 2.73. The lowest BCUT2D eigenvalue weighted by Crippen LogP contribution is -2.52. The molecule has 32 heavy (non-hydrogen) atoms. The minimum Gasteiger partial charge on any atom is -0.357 e. The monoisotopic (exact) mass is 570 g/mol. The first-order valence-corrected chi connectivity index (χ1v) is 12.8. The molecule has 3 rings (SSSR count). The molecule has 0 saturated carbocycles. The van der Waals surface area contributed by atoms with Gasteiger partial charge in [-0.15, -0.1) is 24.0 Å². The predicted molar refractivity (Wildman–Crippen MR) is 143 cm³/mol. The summed E-state index contributed by atoms with van der Waals surface area (Å²) in [5.74, 6) is 0.963. The van der Waals surface area contributed by atoms with E-state index in [2.05, 4.69) is 53.2 Å². The highest BCUT2D eigenvalue weighted by atomic mass is 127. The lowest BCUT2D eigenvalue weighted by molar-refractivity contribution is 0.172. The van der Waals surface area contributed by atoms with E-state index in [-0.39, 0.29) is 24.0 Å². The van der Waals surface area contributed by atoms with Crippen LogP contribution in [0, 0.1) is 6.92 Å². The van der Waals surface area contributed by atoms with Gasteiger partial charge in [0, 0.05) is 52.1 Å². The fraction of sp³-hybridized carbons (Fsp3) is 0.458. The van der Waals surface area contributed by atoms with Crippen LogP contribution in [0.25, 0.3) is 0 Å². The molecule has 2 aromatic rings. The van der Waals surface area contributed by atoms with Gasteiger partial charge in [-0.2, -0.15) is 0 Å². The van der Waals surface area contributed by atoms with Crippen molar-refractivity contribution in [3.63, 3.8) is 0 Å². The zero-order chi connectivity index (χ0) is 22.3. The third-order valence-electron chi connectivity index (χ3n) is 5.51. The number of hydrogen-bond donors (Lipinski definition) is 1. The number of benzene rings is 2. The van der Waals surface area contributed by atoms with Crippen LogP contribution in [0.5, 0.6) is 0 Å². The topological polar surface area (TPSA) is 65.0 Å². The maximum Gasteiger partial charge on any atom is 0.194 e. The van der Waals surface area contributed by atoms with E-state index in [4.69, 9.17) is 4.99 Å². The summed E-state index contributed by atoms with van der Waals surface area (Å²) in [6, 6.07) is 15.8. The van der Waals surface area contributed by atoms with Crippen molar-refractivity contribution in [1.82, 2.24) is 15.1 Å². The van der Waals surface area contributed by atoms with Gasteiger partial charge < -0.3 is 10.2 Å². The molecule has 0 unspecified atom stereocenters. The van der Waals surface area contributed by atoms with E-state index >= 15 is 0 Å². The standard InChI is InChI=1S/C24H34N4O2S.HI/c1-4-25-24(26-13-12-21-8-10-23(11-9-21)31(3,29)30)28-16-14-27(15-17-28)19-22-7-5-6-20(2)18-22;/h5-11,18H,4,12-17,19H2,1-3H3,(H,25,26);1H. The molecule has 2 aromatic carbocycles. The van der Waals surface area contributed by atoms with E-state index in [9.17, 15) is 8.42 Å². The smallest absolute Gasteiger partial charge is 0.194 e. The molecule has 0 atom stereocenters. The summed E-state index contributed by atoms with van der Waals surface area (Å²) in [6.07, 6.45) is 2.02. The molecule has 1 saturated heterocycles. The average molecular weight is 571 g/mol. The third-order valence-corrected chi connectivity index (χ3v) is 6.64. The van der Waals surface area contributed by atoms with E-state index in [0.29, 0.717) is 11.4 Å². The molecule has 0 radical (unpaired) electrons. The zero-order valence-electron chi connectivity index (χ0n) is 19.3. The first kappa shape index (κ1) is 26.6. The van der Waals surface area contributed by atoms with Gasteiger partial charge in [0.1, 0.15) is 0 Å². The summed E-state index contributed by atoms with van der Waals surface area (Å²) in [4.78, 5) is 10.0. The van der Waals surface area contributed by atoms with Gasteiger partial charge in [-0.05, 0) is 43.5 Å². The maximum atomic E-state index is 11.6. The van der Waals surface area contributed by atoms with Gasteiger partial charge in [-0.3, -0.25) is 9.89 Å². The lowest BCUT2D eigenvalue weighted by atomic mass is 10.1. The Morgan fingerprint density at radius 2 is 1.72 bits per heavy atom. The fourth-order valence-electron chi connectivity index (χ4n) is 3.81. The van der Waals surface area contributed by atoms with Crippen LogP contribution in [0.15, 0.2) is 58.4 Å². The predicted octanol–water partition coefficient (Wildman–Crippen LogP) is 3.34. The van der Waals surface area contributed by atoms with Crippen LogP contribution in [-0.4, -0.2) is 69.7 Å². The Morgan fingerprint density at radius 1 is 1.03 bits per heavy atom. The maximum absolute atomic E-state index is 11.6. The second-order valence-corrected chi connectivity index (χ2v) is 10.2. The van der Waals surface area contributed by atoms with Gasteiger partial charge in [0.15, 0.2) is 15.8 Å². The highest BCUT2D eigenvalue weighted by Gasteiger charge is 2.19. The third kappa shape index (κ3) is 8.04. The number of nitrogens with one attached hydrogen (secondary N) is 1. The summed E-state index contributed by atoms with van der Waals surface area (Å²) in [5, 5.41) is 3.42. The molecule has 1 heterocycles.